The van der Waals surface area contributed by atoms with Gasteiger partial charge in [0.1, 0.15) is 12.3 Å². The van der Waals surface area contributed by atoms with Crippen LogP contribution in [0.5, 0.6) is 0 Å². The molecule has 0 spiro atoms. The zero-order chi connectivity index (χ0) is 23.6. The molecule has 1 aromatic rings. The number of aromatic nitrogens is 2. The number of aliphatic hydroxyl groups is 1. The van der Waals surface area contributed by atoms with Crippen molar-refractivity contribution >= 4 is 35.2 Å². The Morgan fingerprint density at radius 2 is 1.87 bits per heavy atom. The molecule has 5 atom stereocenters. The Bertz CT molecular complexity index is 1040. The summed E-state index contributed by atoms with van der Waals surface area (Å²) in [5.74, 6) is -0.410. The first-order chi connectivity index (χ1) is 14.1. The second-order valence-corrected chi connectivity index (χ2v) is 10.3. The van der Waals surface area contributed by atoms with Crippen LogP contribution in [0.4, 0.5) is 5.82 Å². The summed E-state index contributed by atoms with van der Waals surface area (Å²) in [5.41, 5.74) is 9.52. The van der Waals surface area contributed by atoms with E-state index in [0.717, 1.165) is 4.57 Å². The minimum absolute atomic E-state index is 0.0796. The van der Waals surface area contributed by atoms with Gasteiger partial charge in [-0.1, -0.05) is 0 Å². The van der Waals surface area contributed by atoms with Crippen molar-refractivity contribution in [2.24, 2.45) is 16.5 Å². The SMILES string of the molecule is NC(N)=Nc1ccn([C@H]2C[C@@H](O)[C@@H](COP(=O)(O)OP(=O)(O)OP(=O)(O)O)O2)c(=O)n1. The van der Waals surface area contributed by atoms with Crippen LogP contribution in [0, 0.1) is 0 Å². The molecule has 9 N–H and O–H groups in total. The van der Waals surface area contributed by atoms with Crippen LogP contribution < -0.4 is 17.2 Å². The summed E-state index contributed by atoms with van der Waals surface area (Å²) in [6.45, 7) is -0.879. The van der Waals surface area contributed by atoms with Gasteiger partial charge in [-0.25, -0.2) is 18.5 Å². The Balaban J connectivity index is 2.01. The van der Waals surface area contributed by atoms with E-state index < -0.39 is 54.2 Å². The third-order valence-corrected chi connectivity index (χ3v) is 7.19. The normalized spacial score (nSPS) is 25.5. The summed E-state index contributed by atoms with van der Waals surface area (Å²) in [6, 6.07) is 1.27. The third kappa shape index (κ3) is 8.16. The highest BCUT2D eigenvalue weighted by atomic mass is 31.3. The number of ether oxygens (including phenoxy) is 1. The summed E-state index contributed by atoms with van der Waals surface area (Å²) in [5, 5.41) is 10.0. The Morgan fingerprint density at radius 3 is 2.42 bits per heavy atom. The number of rotatable bonds is 9. The second-order valence-electron chi connectivity index (χ2n) is 5.83. The molecule has 0 aromatic carbocycles. The molecule has 0 amide bonds. The molecule has 0 aliphatic carbocycles. The summed E-state index contributed by atoms with van der Waals surface area (Å²) in [6.07, 6.45) is -2.65. The van der Waals surface area contributed by atoms with E-state index in [1.165, 1.54) is 12.3 Å². The van der Waals surface area contributed by atoms with Crippen LogP contribution in [0.15, 0.2) is 22.1 Å². The van der Waals surface area contributed by atoms with Gasteiger partial charge in [-0.15, -0.1) is 0 Å². The topological polar surface area (TPSA) is 289 Å². The number of nitrogens with zero attached hydrogens (tertiary/aromatic N) is 3. The molecule has 2 heterocycles. The first-order valence-electron chi connectivity index (χ1n) is 7.87. The Hall–Kier alpha value is -1.52. The van der Waals surface area contributed by atoms with E-state index in [9.17, 15) is 28.5 Å². The van der Waals surface area contributed by atoms with Gasteiger partial charge in [-0.05, 0) is 6.07 Å². The predicted molar refractivity (Wildman–Crippen MR) is 98.3 cm³/mol. The van der Waals surface area contributed by atoms with Gasteiger partial charge in [0.25, 0.3) is 0 Å². The smallest absolute Gasteiger partial charge is 0.390 e. The zero-order valence-electron chi connectivity index (χ0n) is 15.1. The van der Waals surface area contributed by atoms with Gasteiger partial charge in [-0.2, -0.15) is 18.6 Å². The highest BCUT2D eigenvalue weighted by Crippen LogP contribution is 2.66. The molecule has 1 aliphatic heterocycles. The first-order valence-corrected chi connectivity index (χ1v) is 12.4. The average Bonchev–Trinajstić information content (AvgIpc) is 2.89. The highest BCUT2D eigenvalue weighted by Gasteiger charge is 2.42. The average molecular weight is 509 g/mol. The largest absolute Gasteiger partial charge is 0.490 e. The van der Waals surface area contributed by atoms with Gasteiger partial charge in [0.2, 0.25) is 0 Å². The lowest BCUT2D eigenvalue weighted by Gasteiger charge is -2.19. The molecule has 1 aliphatic rings. The molecule has 31 heavy (non-hydrogen) atoms. The first kappa shape index (κ1) is 25.7. The van der Waals surface area contributed by atoms with E-state index >= 15 is 0 Å². The maximum Gasteiger partial charge on any atom is 0.490 e. The molecule has 18 nitrogen and oxygen atoms in total. The van der Waals surface area contributed by atoms with E-state index in [-0.39, 0.29) is 18.2 Å². The molecule has 1 saturated heterocycles. The number of hydrogen-bond donors (Lipinski definition) is 7. The summed E-state index contributed by atoms with van der Waals surface area (Å²) < 4.78 is 51.4. The molecule has 1 aromatic heterocycles. The van der Waals surface area contributed by atoms with Gasteiger partial charge in [0.15, 0.2) is 11.8 Å². The lowest BCUT2D eigenvalue weighted by atomic mass is 10.2. The number of nitrogens with two attached hydrogens (primary N) is 2. The van der Waals surface area contributed by atoms with Crippen molar-refractivity contribution in [2.75, 3.05) is 6.61 Å². The number of phosphoric ester groups is 1. The number of aliphatic hydroxyl groups excluding tert-OH is 1. The molecule has 0 radical (unpaired) electrons. The fourth-order valence-electron chi connectivity index (χ4n) is 2.32. The van der Waals surface area contributed by atoms with Gasteiger partial charge >= 0.3 is 29.2 Å². The molecule has 2 rings (SSSR count). The van der Waals surface area contributed by atoms with Crippen molar-refractivity contribution in [3.05, 3.63) is 22.7 Å². The zero-order valence-corrected chi connectivity index (χ0v) is 17.8. The van der Waals surface area contributed by atoms with Gasteiger partial charge in [-0.3, -0.25) is 9.09 Å². The van der Waals surface area contributed by atoms with Crippen LogP contribution in [0.3, 0.4) is 0 Å². The molecule has 2 unspecified atom stereocenters. The monoisotopic (exact) mass is 509 g/mol. The standard InChI is InChI=1S/C10H18N5O13P3/c11-9(12)13-7-1-2-15(10(17)14-7)8-3-5(16)6(26-8)4-25-30(21,22)28-31(23,24)27-29(18,19)20/h1-2,5-6,8,16H,3-4H2,(H,21,22)(H,23,24)(H2,18,19,20)(H4,11,12,13,14,17)/t5-,6-,8-/m1/s1. The van der Waals surface area contributed by atoms with Gasteiger partial charge in [0.05, 0.1) is 12.7 Å². The molecule has 0 saturated carbocycles. The van der Waals surface area contributed by atoms with Crippen molar-refractivity contribution in [1.29, 1.82) is 0 Å². The summed E-state index contributed by atoms with van der Waals surface area (Å²) >= 11 is 0. The van der Waals surface area contributed by atoms with Gasteiger partial charge < -0.3 is 40.9 Å². The van der Waals surface area contributed by atoms with Crippen LogP contribution in [0.2, 0.25) is 0 Å². The fourth-order valence-corrected chi connectivity index (χ4v) is 5.35. The van der Waals surface area contributed by atoms with Crippen LogP contribution in [0.1, 0.15) is 12.6 Å². The minimum Gasteiger partial charge on any atom is -0.390 e. The Kier molecular flexibility index (Phi) is 7.92. The van der Waals surface area contributed by atoms with Crippen molar-refractivity contribution in [2.45, 2.75) is 24.9 Å². The third-order valence-electron chi connectivity index (χ3n) is 3.39. The van der Waals surface area contributed by atoms with Crippen LogP contribution in [-0.4, -0.2) is 59.0 Å². The Labute approximate surface area is 172 Å². The summed E-state index contributed by atoms with van der Waals surface area (Å²) in [4.78, 5) is 54.7. The lowest BCUT2D eigenvalue weighted by molar-refractivity contribution is -0.0449. The molecule has 0 bridgehead atoms. The van der Waals surface area contributed by atoms with Crippen molar-refractivity contribution < 1.29 is 56.3 Å². The van der Waals surface area contributed by atoms with Crippen molar-refractivity contribution in [1.82, 2.24) is 9.55 Å². The van der Waals surface area contributed by atoms with E-state index in [1.807, 2.05) is 0 Å². The summed E-state index contributed by atoms with van der Waals surface area (Å²) in [7, 11) is -16.6. The van der Waals surface area contributed by atoms with E-state index in [2.05, 4.69) is 23.1 Å². The van der Waals surface area contributed by atoms with E-state index in [4.69, 9.17) is 30.9 Å². The van der Waals surface area contributed by atoms with Crippen molar-refractivity contribution in [3.8, 4) is 0 Å². The van der Waals surface area contributed by atoms with Crippen LogP contribution in [0.25, 0.3) is 0 Å². The molecule has 176 valence electrons. The Morgan fingerprint density at radius 1 is 1.23 bits per heavy atom. The van der Waals surface area contributed by atoms with Crippen LogP contribution >= 0.6 is 23.5 Å². The number of phosphoric acid groups is 3. The molecular formula is C10H18N5O13P3. The second kappa shape index (κ2) is 9.54. The molecular weight excluding hydrogens is 491 g/mol. The number of hydrogen-bond acceptors (Lipinski definition) is 11. The van der Waals surface area contributed by atoms with Crippen LogP contribution in [-0.2, 0) is 31.6 Å². The maximum atomic E-state index is 12.1. The highest BCUT2D eigenvalue weighted by molar-refractivity contribution is 7.66. The minimum atomic E-state index is -5.68. The van der Waals surface area contributed by atoms with Crippen molar-refractivity contribution in [3.63, 3.8) is 0 Å². The van der Waals surface area contributed by atoms with E-state index in [1.54, 1.807) is 0 Å². The molecule has 21 heteroatoms. The number of guanidine groups is 1. The number of aliphatic imine (C=N–C) groups is 1. The predicted octanol–water partition coefficient (Wildman–Crippen LogP) is -1.86. The fraction of sp³-hybridized carbons (Fsp3) is 0.500. The lowest BCUT2D eigenvalue weighted by Crippen LogP contribution is -2.28. The molecule has 1 fully saturated rings. The van der Waals surface area contributed by atoms with E-state index in [0.29, 0.717) is 0 Å². The van der Waals surface area contributed by atoms with Gasteiger partial charge in [0, 0.05) is 12.6 Å². The quantitative estimate of drug-likeness (QED) is 0.109. The maximum absolute atomic E-state index is 12.1.